The van der Waals surface area contributed by atoms with Gasteiger partial charge in [0, 0.05) is 25.7 Å². The van der Waals surface area contributed by atoms with Crippen LogP contribution in [0.2, 0.25) is 0 Å². The van der Waals surface area contributed by atoms with Gasteiger partial charge in [-0.25, -0.2) is 0 Å². The first-order valence-electron chi connectivity index (χ1n) is 11.4. The number of unbranched alkanes of at least 4 members (excludes halogenated alkanes) is 15. The smallest absolute Gasteiger partial charge is 0.304 e. The van der Waals surface area contributed by atoms with Crippen LogP contribution in [0.5, 0.6) is 0 Å². The van der Waals surface area contributed by atoms with Crippen LogP contribution in [0.3, 0.4) is 0 Å². The summed E-state index contributed by atoms with van der Waals surface area (Å²) in [6, 6.07) is 0. The molecule has 0 saturated heterocycles. The molecule has 0 bridgehead atoms. The largest absolute Gasteiger partial charge is 0.481 e. The molecule has 0 aromatic carbocycles. The van der Waals surface area contributed by atoms with Crippen molar-refractivity contribution in [3.8, 4) is 23.7 Å². The Morgan fingerprint density at radius 3 is 1.26 bits per heavy atom. The van der Waals surface area contributed by atoms with Gasteiger partial charge in [-0.15, -0.1) is 23.7 Å². The third-order valence-electron chi connectivity index (χ3n) is 4.72. The van der Waals surface area contributed by atoms with Crippen molar-refractivity contribution in [1.82, 2.24) is 0 Å². The lowest BCUT2D eigenvalue weighted by atomic mass is 10.1. The van der Waals surface area contributed by atoms with E-state index in [-0.39, 0.29) is 6.42 Å². The molecule has 0 fully saturated rings. The molecule has 154 valence electrons. The molecule has 0 atom stereocenters. The van der Waals surface area contributed by atoms with Crippen molar-refractivity contribution in [3.05, 3.63) is 0 Å². The maximum absolute atomic E-state index is 10.3. The van der Waals surface area contributed by atoms with Gasteiger partial charge in [-0.2, -0.15) is 0 Å². The van der Waals surface area contributed by atoms with Gasteiger partial charge in [0.25, 0.3) is 0 Å². The molecule has 0 radical (unpaired) electrons. The zero-order chi connectivity index (χ0) is 19.8. The van der Waals surface area contributed by atoms with E-state index in [0.717, 1.165) is 25.7 Å². The second-order valence-corrected chi connectivity index (χ2v) is 7.45. The summed E-state index contributed by atoms with van der Waals surface area (Å²) in [7, 11) is 0. The van der Waals surface area contributed by atoms with E-state index in [9.17, 15) is 4.79 Å². The van der Waals surface area contributed by atoms with Gasteiger partial charge in [0.05, 0.1) is 6.42 Å². The Morgan fingerprint density at radius 2 is 0.889 bits per heavy atom. The van der Waals surface area contributed by atoms with Crippen molar-refractivity contribution < 1.29 is 9.90 Å². The van der Waals surface area contributed by atoms with Crippen LogP contribution < -0.4 is 0 Å². The van der Waals surface area contributed by atoms with E-state index in [2.05, 4.69) is 30.6 Å². The number of carbonyl (C=O) groups is 1. The van der Waals surface area contributed by atoms with Gasteiger partial charge >= 0.3 is 5.97 Å². The Bertz CT molecular complexity index is 444. The molecule has 0 amide bonds. The molecule has 0 aliphatic rings. The quantitative estimate of drug-likeness (QED) is 0.211. The van der Waals surface area contributed by atoms with Crippen LogP contribution in [-0.4, -0.2) is 11.1 Å². The van der Waals surface area contributed by atoms with Crippen molar-refractivity contribution in [2.24, 2.45) is 0 Å². The Hall–Kier alpha value is -1.41. The monoisotopic (exact) mass is 374 g/mol. The fourth-order valence-electron chi connectivity index (χ4n) is 3.00. The van der Waals surface area contributed by atoms with Crippen LogP contribution in [0.25, 0.3) is 0 Å². The van der Waals surface area contributed by atoms with Crippen LogP contribution in [-0.2, 0) is 4.79 Å². The number of rotatable bonds is 17. The highest BCUT2D eigenvalue weighted by atomic mass is 16.4. The SMILES string of the molecule is CCCCCCCCCCCCC#CCCCCCCC#CCCC(=O)O. The summed E-state index contributed by atoms with van der Waals surface area (Å²) in [5.41, 5.74) is 0. The van der Waals surface area contributed by atoms with Crippen molar-refractivity contribution in [2.75, 3.05) is 0 Å². The lowest BCUT2D eigenvalue weighted by molar-refractivity contribution is -0.136. The third kappa shape index (κ3) is 24.6. The van der Waals surface area contributed by atoms with Crippen molar-refractivity contribution in [3.63, 3.8) is 0 Å². The minimum absolute atomic E-state index is 0.158. The molecule has 0 saturated carbocycles. The summed E-state index contributed by atoms with van der Waals surface area (Å²) < 4.78 is 0. The van der Waals surface area contributed by atoms with Gasteiger partial charge < -0.3 is 5.11 Å². The second kappa shape index (κ2) is 22.6. The lowest BCUT2D eigenvalue weighted by Gasteiger charge is -2.00. The fraction of sp³-hybridized carbons (Fsp3) is 0.800. The minimum Gasteiger partial charge on any atom is -0.481 e. The van der Waals surface area contributed by atoms with Gasteiger partial charge in [-0.3, -0.25) is 4.79 Å². The predicted molar refractivity (Wildman–Crippen MR) is 117 cm³/mol. The number of carboxylic acid groups (broad SMARTS) is 1. The maximum atomic E-state index is 10.3. The topological polar surface area (TPSA) is 37.3 Å². The molecule has 0 spiro atoms. The Labute approximate surface area is 168 Å². The zero-order valence-electron chi connectivity index (χ0n) is 17.8. The first kappa shape index (κ1) is 25.6. The molecule has 0 heterocycles. The van der Waals surface area contributed by atoms with Crippen LogP contribution in [0.1, 0.15) is 129 Å². The predicted octanol–water partition coefficient (Wildman–Crippen LogP) is 7.51. The van der Waals surface area contributed by atoms with Crippen LogP contribution in [0.15, 0.2) is 0 Å². The molecule has 0 aliphatic heterocycles. The second-order valence-electron chi connectivity index (χ2n) is 7.45. The van der Waals surface area contributed by atoms with Crippen molar-refractivity contribution >= 4 is 5.97 Å². The van der Waals surface area contributed by atoms with Gasteiger partial charge in [-0.05, 0) is 19.3 Å². The Morgan fingerprint density at radius 1 is 0.556 bits per heavy atom. The highest BCUT2D eigenvalue weighted by Gasteiger charge is 1.93. The molecule has 0 rings (SSSR count). The number of aliphatic carboxylic acids is 1. The third-order valence-corrected chi connectivity index (χ3v) is 4.72. The van der Waals surface area contributed by atoms with Gasteiger partial charge in [0.2, 0.25) is 0 Å². The zero-order valence-corrected chi connectivity index (χ0v) is 17.8. The van der Waals surface area contributed by atoms with E-state index < -0.39 is 5.97 Å². The number of carboxylic acids is 1. The molecule has 0 aromatic rings. The van der Waals surface area contributed by atoms with Crippen molar-refractivity contribution in [2.45, 2.75) is 129 Å². The normalized spacial score (nSPS) is 9.96. The average Bonchev–Trinajstić information content (AvgIpc) is 2.65. The maximum Gasteiger partial charge on any atom is 0.304 e. The number of hydrogen-bond acceptors (Lipinski definition) is 1. The Kier molecular flexibility index (Phi) is 21.4. The molecule has 2 nitrogen and oxygen atoms in total. The molecule has 0 aromatic heterocycles. The van der Waals surface area contributed by atoms with E-state index in [4.69, 9.17) is 5.11 Å². The van der Waals surface area contributed by atoms with Gasteiger partial charge in [0.15, 0.2) is 0 Å². The van der Waals surface area contributed by atoms with Gasteiger partial charge in [-0.1, -0.05) is 77.6 Å². The van der Waals surface area contributed by atoms with Crippen LogP contribution >= 0.6 is 0 Å². The molecule has 1 N–H and O–H groups in total. The van der Waals surface area contributed by atoms with Gasteiger partial charge in [0.1, 0.15) is 0 Å². The van der Waals surface area contributed by atoms with E-state index in [1.165, 1.54) is 83.5 Å². The highest BCUT2D eigenvalue weighted by Crippen LogP contribution is 2.11. The van der Waals surface area contributed by atoms with E-state index >= 15 is 0 Å². The van der Waals surface area contributed by atoms with E-state index in [0.29, 0.717) is 6.42 Å². The minimum atomic E-state index is -0.765. The summed E-state index contributed by atoms with van der Waals surface area (Å²) in [6.45, 7) is 2.27. The molecule has 2 heteroatoms. The van der Waals surface area contributed by atoms with Crippen molar-refractivity contribution in [1.29, 1.82) is 0 Å². The molecular weight excluding hydrogens is 332 g/mol. The fourth-order valence-corrected chi connectivity index (χ4v) is 3.00. The summed E-state index contributed by atoms with van der Waals surface area (Å²) in [6.07, 6.45) is 22.2. The molecular formula is C25H42O2. The molecule has 27 heavy (non-hydrogen) atoms. The lowest BCUT2D eigenvalue weighted by Crippen LogP contribution is -1.91. The summed E-state index contributed by atoms with van der Waals surface area (Å²) in [5.74, 6) is 11.8. The first-order chi connectivity index (χ1) is 13.3. The van der Waals surface area contributed by atoms with Crippen LogP contribution in [0.4, 0.5) is 0 Å². The van der Waals surface area contributed by atoms with Crippen LogP contribution in [0, 0.1) is 23.7 Å². The first-order valence-corrected chi connectivity index (χ1v) is 11.4. The average molecular weight is 375 g/mol. The summed E-state index contributed by atoms with van der Waals surface area (Å²) in [5, 5.41) is 8.50. The highest BCUT2D eigenvalue weighted by molar-refractivity contribution is 5.66. The Balaban J connectivity index is 3.19. The molecule has 0 aliphatic carbocycles. The standard InChI is InChI=1S/C25H42O2/c1-2-3-4-5-6-7-8-9-10-11-12-13-14-15-16-17-18-19-20-21-22-23-24-25(26)27/h2-12,15-20,23-24H2,1H3,(H,26,27). The summed E-state index contributed by atoms with van der Waals surface area (Å²) in [4.78, 5) is 10.3. The van der Waals surface area contributed by atoms with E-state index in [1.807, 2.05) is 0 Å². The summed E-state index contributed by atoms with van der Waals surface area (Å²) >= 11 is 0. The van der Waals surface area contributed by atoms with E-state index in [1.54, 1.807) is 0 Å². The number of hydrogen-bond donors (Lipinski definition) is 1. The molecule has 0 unspecified atom stereocenters.